The maximum absolute atomic E-state index is 10.2. The first-order valence-corrected chi connectivity index (χ1v) is 4.66. The molecule has 1 aliphatic heterocycles. The topological polar surface area (TPSA) is 32.3 Å². The highest BCUT2D eigenvalue weighted by Crippen LogP contribution is 2.46. The van der Waals surface area contributed by atoms with Crippen LogP contribution in [0.15, 0.2) is 0 Å². The lowest BCUT2D eigenvalue weighted by Crippen LogP contribution is -2.50. The zero-order valence-electron chi connectivity index (χ0n) is 7.14. The van der Waals surface area contributed by atoms with Gasteiger partial charge in [-0.3, -0.25) is 0 Å². The fraction of sp³-hybridized carbons (Fsp3) is 1.00. The first-order valence-electron chi connectivity index (χ1n) is 4.66. The predicted octanol–water partition coefficient (Wildman–Crippen LogP) is 0.757. The van der Waals surface area contributed by atoms with Gasteiger partial charge in [-0.15, -0.1) is 0 Å². The van der Waals surface area contributed by atoms with E-state index in [-0.39, 0.29) is 5.60 Å². The van der Waals surface area contributed by atoms with Crippen LogP contribution in [0.25, 0.3) is 0 Å². The molecule has 0 aromatic rings. The Labute approximate surface area is 68.0 Å². The molecule has 2 aliphatic rings. The third kappa shape index (κ3) is 1.18. The van der Waals surface area contributed by atoms with Gasteiger partial charge < -0.3 is 10.4 Å². The lowest BCUT2D eigenvalue weighted by atomic mass is 9.79. The van der Waals surface area contributed by atoms with E-state index in [1.807, 2.05) is 0 Å². The number of hydrogen-bond acceptors (Lipinski definition) is 2. The van der Waals surface area contributed by atoms with Crippen LogP contribution in [0.2, 0.25) is 0 Å². The summed E-state index contributed by atoms with van der Waals surface area (Å²) in [6, 6.07) is 0. The van der Waals surface area contributed by atoms with Gasteiger partial charge in [-0.1, -0.05) is 6.92 Å². The first-order chi connectivity index (χ1) is 5.23. The van der Waals surface area contributed by atoms with Crippen molar-refractivity contribution in [3.05, 3.63) is 0 Å². The third-order valence-corrected chi connectivity index (χ3v) is 3.29. The molecule has 0 aromatic carbocycles. The summed E-state index contributed by atoms with van der Waals surface area (Å²) >= 11 is 0. The number of aliphatic hydroxyl groups is 1. The van der Waals surface area contributed by atoms with Crippen molar-refractivity contribution in [2.24, 2.45) is 11.8 Å². The largest absolute Gasteiger partial charge is 0.389 e. The Hall–Kier alpha value is -0.0800. The van der Waals surface area contributed by atoms with Crippen molar-refractivity contribution in [3.8, 4) is 0 Å². The van der Waals surface area contributed by atoms with Crippen molar-refractivity contribution < 1.29 is 5.11 Å². The fourth-order valence-corrected chi connectivity index (χ4v) is 2.22. The van der Waals surface area contributed by atoms with E-state index >= 15 is 0 Å². The Morgan fingerprint density at radius 1 is 1.45 bits per heavy atom. The SMILES string of the molecule is CC1CNCCC1(O)C1CC1. The van der Waals surface area contributed by atoms with Crippen molar-refractivity contribution in [3.63, 3.8) is 0 Å². The van der Waals surface area contributed by atoms with E-state index in [9.17, 15) is 5.11 Å². The molecule has 1 heterocycles. The molecule has 0 spiro atoms. The third-order valence-electron chi connectivity index (χ3n) is 3.29. The summed E-state index contributed by atoms with van der Waals surface area (Å²) in [4.78, 5) is 0. The van der Waals surface area contributed by atoms with Crippen molar-refractivity contribution >= 4 is 0 Å². The van der Waals surface area contributed by atoms with Gasteiger partial charge >= 0.3 is 0 Å². The molecule has 0 aromatic heterocycles. The molecule has 1 saturated heterocycles. The van der Waals surface area contributed by atoms with E-state index in [0.717, 1.165) is 19.5 Å². The second kappa shape index (κ2) is 2.46. The average molecular weight is 155 g/mol. The van der Waals surface area contributed by atoms with Crippen molar-refractivity contribution in [2.45, 2.75) is 31.8 Å². The molecule has 2 unspecified atom stereocenters. The highest BCUT2D eigenvalue weighted by molar-refractivity contribution is 5.00. The van der Waals surface area contributed by atoms with Gasteiger partial charge in [0.15, 0.2) is 0 Å². The minimum Gasteiger partial charge on any atom is -0.389 e. The van der Waals surface area contributed by atoms with Gasteiger partial charge in [-0.2, -0.15) is 0 Å². The molecule has 2 N–H and O–H groups in total. The standard InChI is InChI=1S/C9H17NO/c1-7-6-10-5-4-9(7,11)8-2-3-8/h7-8,10-11H,2-6H2,1H3. The van der Waals surface area contributed by atoms with E-state index in [2.05, 4.69) is 12.2 Å². The summed E-state index contributed by atoms with van der Waals surface area (Å²) in [5, 5.41) is 13.6. The number of piperidine rings is 1. The molecule has 2 fully saturated rings. The number of hydrogen-bond donors (Lipinski definition) is 2. The Morgan fingerprint density at radius 3 is 2.73 bits per heavy atom. The Balaban J connectivity index is 2.06. The van der Waals surface area contributed by atoms with Crippen molar-refractivity contribution in [1.29, 1.82) is 0 Å². The summed E-state index contributed by atoms with van der Waals surface area (Å²) in [5.74, 6) is 1.07. The van der Waals surface area contributed by atoms with Crippen LogP contribution >= 0.6 is 0 Å². The van der Waals surface area contributed by atoms with Gasteiger partial charge in [-0.25, -0.2) is 0 Å². The van der Waals surface area contributed by atoms with Crippen LogP contribution in [0, 0.1) is 11.8 Å². The molecule has 11 heavy (non-hydrogen) atoms. The van der Waals surface area contributed by atoms with Crippen LogP contribution < -0.4 is 5.32 Å². The van der Waals surface area contributed by atoms with Crippen LogP contribution in [-0.2, 0) is 0 Å². The normalized spacial score (nSPS) is 45.8. The van der Waals surface area contributed by atoms with Crippen LogP contribution in [0.3, 0.4) is 0 Å². The smallest absolute Gasteiger partial charge is 0.0725 e. The molecular formula is C9H17NO. The van der Waals surface area contributed by atoms with E-state index in [1.165, 1.54) is 12.8 Å². The molecule has 2 nitrogen and oxygen atoms in total. The van der Waals surface area contributed by atoms with Crippen LogP contribution in [0.5, 0.6) is 0 Å². The van der Waals surface area contributed by atoms with E-state index in [0.29, 0.717) is 11.8 Å². The van der Waals surface area contributed by atoms with Crippen LogP contribution in [0.4, 0.5) is 0 Å². The summed E-state index contributed by atoms with van der Waals surface area (Å²) in [6.07, 6.45) is 3.46. The second-order valence-electron chi connectivity index (χ2n) is 4.12. The molecular weight excluding hydrogens is 138 g/mol. The molecule has 1 saturated carbocycles. The van der Waals surface area contributed by atoms with Gasteiger partial charge in [0.1, 0.15) is 0 Å². The Bertz CT molecular complexity index is 156. The second-order valence-corrected chi connectivity index (χ2v) is 4.12. The van der Waals surface area contributed by atoms with Gasteiger partial charge in [-0.05, 0) is 37.6 Å². The zero-order chi connectivity index (χ0) is 7.90. The first kappa shape index (κ1) is 7.56. The van der Waals surface area contributed by atoms with E-state index in [4.69, 9.17) is 0 Å². The maximum atomic E-state index is 10.2. The molecule has 64 valence electrons. The van der Waals surface area contributed by atoms with Gasteiger partial charge in [0.2, 0.25) is 0 Å². The lowest BCUT2D eigenvalue weighted by Gasteiger charge is -2.38. The van der Waals surface area contributed by atoms with E-state index < -0.39 is 0 Å². The summed E-state index contributed by atoms with van der Waals surface area (Å²) in [6.45, 7) is 4.15. The molecule has 2 atom stereocenters. The van der Waals surface area contributed by atoms with Crippen molar-refractivity contribution in [1.82, 2.24) is 5.32 Å². The monoisotopic (exact) mass is 155 g/mol. The summed E-state index contributed by atoms with van der Waals surface area (Å²) in [7, 11) is 0. The minimum atomic E-state index is -0.314. The van der Waals surface area contributed by atoms with Gasteiger partial charge in [0, 0.05) is 6.54 Å². The molecule has 2 heteroatoms. The Morgan fingerprint density at radius 2 is 2.18 bits per heavy atom. The molecule has 1 aliphatic carbocycles. The van der Waals surface area contributed by atoms with Gasteiger partial charge in [0.05, 0.1) is 5.60 Å². The van der Waals surface area contributed by atoms with Gasteiger partial charge in [0.25, 0.3) is 0 Å². The summed E-state index contributed by atoms with van der Waals surface area (Å²) in [5.41, 5.74) is -0.314. The molecule has 2 rings (SSSR count). The zero-order valence-corrected chi connectivity index (χ0v) is 7.14. The fourth-order valence-electron chi connectivity index (χ4n) is 2.22. The van der Waals surface area contributed by atoms with Crippen molar-refractivity contribution in [2.75, 3.05) is 13.1 Å². The number of nitrogens with one attached hydrogen (secondary N) is 1. The Kier molecular flexibility index (Phi) is 1.69. The quantitative estimate of drug-likeness (QED) is 0.586. The summed E-state index contributed by atoms with van der Waals surface area (Å²) < 4.78 is 0. The predicted molar refractivity (Wildman–Crippen MR) is 44.3 cm³/mol. The number of rotatable bonds is 1. The molecule has 0 amide bonds. The highest BCUT2D eigenvalue weighted by atomic mass is 16.3. The average Bonchev–Trinajstić information content (AvgIpc) is 2.77. The van der Waals surface area contributed by atoms with Crippen LogP contribution in [0.1, 0.15) is 26.2 Å². The molecule has 0 bridgehead atoms. The van der Waals surface area contributed by atoms with Crippen LogP contribution in [-0.4, -0.2) is 23.8 Å². The van der Waals surface area contributed by atoms with E-state index in [1.54, 1.807) is 0 Å². The minimum absolute atomic E-state index is 0.314. The lowest BCUT2D eigenvalue weighted by molar-refractivity contribution is -0.0528. The molecule has 0 radical (unpaired) electrons. The maximum Gasteiger partial charge on any atom is 0.0725 e. The highest BCUT2D eigenvalue weighted by Gasteiger charge is 2.47.